The molecule has 1 aliphatic heterocycles. The summed E-state index contributed by atoms with van der Waals surface area (Å²) in [6, 6.07) is 3.63. The van der Waals surface area contributed by atoms with E-state index in [2.05, 4.69) is 5.48 Å². The molecule has 1 heterocycles. The first-order chi connectivity index (χ1) is 7.31. The van der Waals surface area contributed by atoms with Crippen LogP contribution >= 0.6 is 11.6 Å². The van der Waals surface area contributed by atoms with Gasteiger partial charge in [-0.25, -0.2) is 0 Å². The van der Waals surface area contributed by atoms with E-state index in [4.69, 9.17) is 25.9 Å². The number of halogens is 1. The predicted molar refractivity (Wildman–Crippen MR) is 56.3 cm³/mol. The van der Waals surface area contributed by atoms with Crippen molar-refractivity contribution < 1.29 is 14.3 Å². The van der Waals surface area contributed by atoms with Crippen molar-refractivity contribution in [3.8, 4) is 11.5 Å². The van der Waals surface area contributed by atoms with Gasteiger partial charge in [0.2, 0.25) is 0 Å². The van der Waals surface area contributed by atoms with Crippen molar-refractivity contribution in [2.24, 2.45) is 0 Å². The fraction of sp³-hybridized carbons (Fsp3) is 0.400. The molecule has 4 nitrogen and oxygen atoms in total. The number of nitrogens with one attached hydrogen (secondary N) is 1. The molecule has 0 saturated heterocycles. The monoisotopic (exact) mass is 229 g/mol. The van der Waals surface area contributed by atoms with E-state index in [1.807, 2.05) is 6.07 Å². The van der Waals surface area contributed by atoms with Gasteiger partial charge in [0.1, 0.15) is 13.2 Å². The summed E-state index contributed by atoms with van der Waals surface area (Å²) in [5.74, 6) is 1.44. The van der Waals surface area contributed by atoms with Crippen molar-refractivity contribution in [3.63, 3.8) is 0 Å². The minimum atomic E-state index is 0.534. The fourth-order valence-electron chi connectivity index (χ4n) is 1.39. The maximum absolute atomic E-state index is 6.07. The Balaban J connectivity index is 2.24. The van der Waals surface area contributed by atoms with E-state index in [-0.39, 0.29) is 0 Å². The lowest BCUT2D eigenvalue weighted by atomic mass is 10.2. The summed E-state index contributed by atoms with van der Waals surface area (Å²) in [7, 11) is 1.56. The first kappa shape index (κ1) is 10.5. The molecule has 82 valence electrons. The summed E-state index contributed by atoms with van der Waals surface area (Å²) in [6.45, 7) is 1.68. The summed E-state index contributed by atoms with van der Waals surface area (Å²) < 4.78 is 10.8. The van der Waals surface area contributed by atoms with E-state index in [1.165, 1.54) is 0 Å². The van der Waals surface area contributed by atoms with Crippen LogP contribution in [0.5, 0.6) is 11.5 Å². The van der Waals surface area contributed by atoms with Gasteiger partial charge in [-0.3, -0.25) is 0 Å². The highest BCUT2D eigenvalue weighted by molar-refractivity contribution is 6.31. The SMILES string of the molecule is CONCc1cc2c(cc1Cl)OCCO2. The molecule has 1 N–H and O–H groups in total. The average molecular weight is 230 g/mol. The minimum Gasteiger partial charge on any atom is -0.486 e. The van der Waals surface area contributed by atoms with Crippen molar-refractivity contribution >= 4 is 11.6 Å². The Kier molecular flexibility index (Phi) is 3.30. The first-order valence-corrected chi connectivity index (χ1v) is 5.03. The van der Waals surface area contributed by atoms with Gasteiger partial charge in [-0.1, -0.05) is 11.6 Å². The first-order valence-electron chi connectivity index (χ1n) is 4.65. The third kappa shape index (κ3) is 2.34. The molecule has 0 saturated carbocycles. The fourth-order valence-corrected chi connectivity index (χ4v) is 1.61. The lowest BCUT2D eigenvalue weighted by molar-refractivity contribution is 0.0865. The zero-order valence-electron chi connectivity index (χ0n) is 8.38. The molecular formula is C10H12ClNO3. The molecule has 0 amide bonds. The molecule has 0 atom stereocenters. The van der Waals surface area contributed by atoms with Crippen LogP contribution in [0.4, 0.5) is 0 Å². The molecule has 0 aromatic heterocycles. The standard InChI is InChI=1S/C10H12ClNO3/c1-13-12-6-7-4-9-10(5-8(7)11)15-3-2-14-9/h4-5,12H,2-3,6H2,1H3. The van der Waals surface area contributed by atoms with Crippen LogP contribution in [-0.4, -0.2) is 20.3 Å². The smallest absolute Gasteiger partial charge is 0.162 e. The lowest BCUT2D eigenvalue weighted by Crippen LogP contribution is -2.16. The molecular weight excluding hydrogens is 218 g/mol. The second-order valence-corrected chi connectivity index (χ2v) is 3.52. The highest BCUT2D eigenvalue weighted by Gasteiger charge is 2.14. The number of fused-ring (bicyclic) bond motifs is 1. The van der Waals surface area contributed by atoms with Crippen LogP contribution in [0, 0.1) is 0 Å². The van der Waals surface area contributed by atoms with Crippen LogP contribution < -0.4 is 15.0 Å². The number of rotatable bonds is 3. The van der Waals surface area contributed by atoms with Crippen LogP contribution in [0.1, 0.15) is 5.56 Å². The second kappa shape index (κ2) is 4.70. The Labute approximate surface area is 93.0 Å². The summed E-state index contributed by atoms with van der Waals surface area (Å²) in [6.07, 6.45) is 0. The lowest BCUT2D eigenvalue weighted by Gasteiger charge is -2.19. The van der Waals surface area contributed by atoms with E-state index < -0.39 is 0 Å². The van der Waals surface area contributed by atoms with E-state index in [0.29, 0.717) is 30.5 Å². The number of benzene rings is 1. The molecule has 1 aromatic rings. The minimum absolute atomic E-state index is 0.534. The molecule has 0 bridgehead atoms. The third-order valence-electron chi connectivity index (χ3n) is 2.12. The summed E-state index contributed by atoms with van der Waals surface area (Å²) in [5, 5.41) is 0.642. The molecule has 0 aliphatic carbocycles. The normalized spacial score (nSPS) is 14.0. The summed E-state index contributed by atoms with van der Waals surface area (Å²) in [4.78, 5) is 4.76. The van der Waals surface area contributed by atoms with Gasteiger partial charge in [-0.05, 0) is 11.6 Å². The van der Waals surface area contributed by atoms with E-state index in [0.717, 1.165) is 11.3 Å². The topological polar surface area (TPSA) is 39.7 Å². The predicted octanol–water partition coefficient (Wildman–Crippen LogP) is 1.76. The van der Waals surface area contributed by atoms with Crippen LogP contribution in [0.2, 0.25) is 5.02 Å². The van der Waals surface area contributed by atoms with Crippen LogP contribution in [-0.2, 0) is 11.4 Å². The second-order valence-electron chi connectivity index (χ2n) is 3.11. The Morgan fingerprint density at radius 2 is 2.00 bits per heavy atom. The molecule has 1 aromatic carbocycles. The maximum atomic E-state index is 6.07. The average Bonchev–Trinajstić information content (AvgIpc) is 2.26. The number of hydroxylamine groups is 1. The van der Waals surface area contributed by atoms with E-state index in [1.54, 1.807) is 13.2 Å². The quantitative estimate of drug-likeness (QED) is 0.802. The largest absolute Gasteiger partial charge is 0.486 e. The Bertz CT molecular complexity index is 357. The van der Waals surface area contributed by atoms with Gasteiger partial charge < -0.3 is 14.3 Å². The Morgan fingerprint density at radius 3 is 2.67 bits per heavy atom. The highest BCUT2D eigenvalue weighted by atomic mass is 35.5. The molecule has 15 heavy (non-hydrogen) atoms. The number of hydrogen-bond acceptors (Lipinski definition) is 4. The molecule has 5 heteroatoms. The van der Waals surface area contributed by atoms with Crippen LogP contribution in [0.15, 0.2) is 12.1 Å². The van der Waals surface area contributed by atoms with Gasteiger partial charge in [-0.15, -0.1) is 0 Å². The van der Waals surface area contributed by atoms with Crippen molar-refractivity contribution in [3.05, 3.63) is 22.7 Å². The molecule has 0 unspecified atom stereocenters. The molecule has 0 spiro atoms. The summed E-state index contributed by atoms with van der Waals surface area (Å²) in [5.41, 5.74) is 3.65. The zero-order valence-corrected chi connectivity index (χ0v) is 9.13. The molecule has 0 radical (unpaired) electrons. The van der Waals surface area contributed by atoms with Crippen molar-refractivity contribution in [1.82, 2.24) is 5.48 Å². The molecule has 1 aliphatic rings. The van der Waals surface area contributed by atoms with Gasteiger partial charge in [0, 0.05) is 17.6 Å². The molecule has 2 rings (SSSR count). The third-order valence-corrected chi connectivity index (χ3v) is 2.47. The number of ether oxygens (including phenoxy) is 2. The van der Waals surface area contributed by atoms with Crippen LogP contribution in [0.3, 0.4) is 0 Å². The van der Waals surface area contributed by atoms with Crippen molar-refractivity contribution in [2.75, 3.05) is 20.3 Å². The summed E-state index contributed by atoms with van der Waals surface area (Å²) >= 11 is 6.07. The van der Waals surface area contributed by atoms with Crippen molar-refractivity contribution in [1.29, 1.82) is 0 Å². The van der Waals surface area contributed by atoms with Gasteiger partial charge in [0.15, 0.2) is 11.5 Å². The Hall–Kier alpha value is -0.970. The van der Waals surface area contributed by atoms with E-state index in [9.17, 15) is 0 Å². The van der Waals surface area contributed by atoms with Gasteiger partial charge in [-0.2, -0.15) is 5.48 Å². The van der Waals surface area contributed by atoms with Crippen LogP contribution in [0.25, 0.3) is 0 Å². The van der Waals surface area contributed by atoms with Gasteiger partial charge >= 0.3 is 0 Å². The number of hydrogen-bond donors (Lipinski definition) is 1. The van der Waals surface area contributed by atoms with Gasteiger partial charge in [0.25, 0.3) is 0 Å². The van der Waals surface area contributed by atoms with Gasteiger partial charge in [0.05, 0.1) is 7.11 Å². The molecule has 0 fully saturated rings. The Morgan fingerprint density at radius 1 is 1.33 bits per heavy atom. The maximum Gasteiger partial charge on any atom is 0.162 e. The zero-order chi connectivity index (χ0) is 10.7. The highest BCUT2D eigenvalue weighted by Crippen LogP contribution is 2.35. The van der Waals surface area contributed by atoms with Crippen molar-refractivity contribution in [2.45, 2.75) is 6.54 Å². The van der Waals surface area contributed by atoms with E-state index >= 15 is 0 Å².